The van der Waals surface area contributed by atoms with E-state index in [1.807, 2.05) is 6.07 Å². The molecular weight excluding hydrogens is 348 g/mol. The van der Waals surface area contributed by atoms with Crippen molar-refractivity contribution in [2.75, 3.05) is 53.0 Å². The van der Waals surface area contributed by atoms with Crippen LogP contribution in [0, 0.1) is 5.92 Å². The molecule has 2 saturated heterocycles. The summed E-state index contributed by atoms with van der Waals surface area (Å²) in [4.78, 5) is 5.12. The second-order valence-electron chi connectivity index (χ2n) is 7.74. The third-order valence-electron chi connectivity index (χ3n) is 5.62. The Morgan fingerprint density at radius 2 is 2.08 bits per heavy atom. The molecule has 2 aliphatic heterocycles. The van der Waals surface area contributed by atoms with Crippen LogP contribution in [0.2, 0.25) is 5.02 Å². The third-order valence-corrected chi connectivity index (χ3v) is 5.85. The molecule has 1 aromatic rings. The first-order valence-corrected chi connectivity index (χ1v) is 10.4. The van der Waals surface area contributed by atoms with Crippen molar-refractivity contribution in [2.24, 2.45) is 5.92 Å². The van der Waals surface area contributed by atoms with Crippen molar-refractivity contribution in [3.63, 3.8) is 0 Å². The third kappa shape index (κ3) is 6.50. The Kier molecular flexibility index (Phi) is 8.21. The molecule has 26 heavy (non-hydrogen) atoms. The van der Waals surface area contributed by atoms with Crippen LogP contribution in [0.15, 0.2) is 24.3 Å². The van der Waals surface area contributed by atoms with Crippen LogP contribution in [0.3, 0.4) is 0 Å². The minimum absolute atomic E-state index is 0.399. The first kappa shape index (κ1) is 20.1. The van der Waals surface area contributed by atoms with Gasteiger partial charge in [0.05, 0.1) is 12.7 Å². The average Bonchev–Trinajstić information content (AvgIpc) is 3.14. The summed E-state index contributed by atoms with van der Waals surface area (Å²) in [6.45, 7) is 8.37. The lowest BCUT2D eigenvalue weighted by molar-refractivity contribution is 0.0552. The van der Waals surface area contributed by atoms with Crippen molar-refractivity contribution in [2.45, 2.75) is 38.3 Å². The summed E-state index contributed by atoms with van der Waals surface area (Å²) in [6.07, 6.45) is 5.36. The largest absolute Gasteiger partial charge is 0.383 e. The lowest BCUT2D eigenvalue weighted by atomic mass is 9.95. The van der Waals surface area contributed by atoms with Crippen molar-refractivity contribution in [1.29, 1.82) is 0 Å². The van der Waals surface area contributed by atoms with E-state index in [1.165, 1.54) is 44.3 Å². The molecule has 0 amide bonds. The lowest BCUT2D eigenvalue weighted by Crippen LogP contribution is -2.41. The van der Waals surface area contributed by atoms with Gasteiger partial charge in [-0.25, -0.2) is 0 Å². The van der Waals surface area contributed by atoms with Crippen molar-refractivity contribution in [1.82, 2.24) is 9.80 Å². The van der Waals surface area contributed by atoms with E-state index in [0.717, 1.165) is 50.3 Å². The van der Waals surface area contributed by atoms with Gasteiger partial charge in [0.25, 0.3) is 0 Å². The molecule has 2 heterocycles. The maximum absolute atomic E-state index is 6.19. The monoisotopic (exact) mass is 380 g/mol. The van der Waals surface area contributed by atoms with Gasteiger partial charge in [0.2, 0.25) is 0 Å². The van der Waals surface area contributed by atoms with Crippen molar-refractivity contribution in [3.05, 3.63) is 34.9 Å². The van der Waals surface area contributed by atoms with Gasteiger partial charge in [-0.1, -0.05) is 23.7 Å². The van der Waals surface area contributed by atoms with Gasteiger partial charge >= 0.3 is 0 Å². The summed E-state index contributed by atoms with van der Waals surface area (Å²) in [7, 11) is 1.78. The number of rotatable bonds is 9. The predicted molar refractivity (Wildman–Crippen MR) is 107 cm³/mol. The van der Waals surface area contributed by atoms with Gasteiger partial charge in [0.15, 0.2) is 0 Å². The Morgan fingerprint density at radius 1 is 1.23 bits per heavy atom. The number of methoxy groups -OCH3 is 1. The number of hydrogen-bond donors (Lipinski definition) is 0. The molecule has 0 N–H and O–H groups in total. The fourth-order valence-electron chi connectivity index (χ4n) is 4.15. The SMILES string of the molecule is COCCN1CCC(CN(Cc2cccc(Cl)c2)CC2CCCO2)CC1. The van der Waals surface area contributed by atoms with Gasteiger partial charge in [-0.2, -0.15) is 0 Å². The quantitative estimate of drug-likeness (QED) is 0.652. The molecule has 146 valence electrons. The zero-order chi connectivity index (χ0) is 18.2. The summed E-state index contributed by atoms with van der Waals surface area (Å²) in [5.41, 5.74) is 1.30. The van der Waals surface area contributed by atoms with E-state index in [2.05, 4.69) is 28.0 Å². The highest BCUT2D eigenvalue weighted by molar-refractivity contribution is 6.30. The highest BCUT2D eigenvalue weighted by atomic mass is 35.5. The molecule has 3 rings (SSSR count). The Labute approximate surface area is 163 Å². The fourth-order valence-corrected chi connectivity index (χ4v) is 4.36. The Bertz CT molecular complexity index is 528. The van der Waals surface area contributed by atoms with Gasteiger partial charge in [0, 0.05) is 44.9 Å². The molecular formula is C21H33ClN2O2. The minimum Gasteiger partial charge on any atom is -0.383 e. The Morgan fingerprint density at radius 3 is 2.77 bits per heavy atom. The van der Waals surface area contributed by atoms with Crippen LogP contribution in [0.4, 0.5) is 0 Å². The number of piperidine rings is 1. The van der Waals surface area contributed by atoms with E-state index in [0.29, 0.717) is 6.10 Å². The van der Waals surface area contributed by atoms with E-state index >= 15 is 0 Å². The van der Waals surface area contributed by atoms with Gasteiger partial charge in [-0.15, -0.1) is 0 Å². The summed E-state index contributed by atoms with van der Waals surface area (Å²) in [5.74, 6) is 0.773. The summed E-state index contributed by atoms with van der Waals surface area (Å²) in [6, 6.07) is 8.28. The van der Waals surface area contributed by atoms with Crippen LogP contribution in [0.5, 0.6) is 0 Å². The number of benzene rings is 1. The standard InChI is InChI=1S/C21H33ClN2O2/c1-25-13-11-23-9-7-18(8-10-23)15-24(17-21-6-3-12-26-21)16-19-4-2-5-20(22)14-19/h2,4-5,14,18,21H,3,6-13,15-17H2,1H3. The molecule has 0 aliphatic carbocycles. The van der Waals surface area contributed by atoms with Gasteiger partial charge < -0.3 is 14.4 Å². The van der Waals surface area contributed by atoms with Gasteiger partial charge in [0.1, 0.15) is 0 Å². The summed E-state index contributed by atoms with van der Waals surface area (Å²) in [5, 5.41) is 0.825. The van der Waals surface area contributed by atoms with Crippen molar-refractivity contribution < 1.29 is 9.47 Å². The van der Waals surface area contributed by atoms with Crippen LogP contribution in [-0.2, 0) is 16.0 Å². The number of nitrogens with zero attached hydrogens (tertiary/aromatic N) is 2. The molecule has 0 saturated carbocycles. The molecule has 0 spiro atoms. The molecule has 0 aromatic heterocycles. The van der Waals surface area contributed by atoms with Crippen LogP contribution in [0.1, 0.15) is 31.2 Å². The summed E-state index contributed by atoms with van der Waals surface area (Å²) < 4.78 is 11.1. The maximum Gasteiger partial charge on any atom is 0.0702 e. The van der Waals surface area contributed by atoms with E-state index < -0.39 is 0 Å². The lowest BCUT2D eigenvalue weighted by Gasteiger charge is -2.35. The van der Waals surface area contributed by atoms with Gasteiger partial charge in [-0.3, -0.25) is 4.90 Å². The maximum atomic E-state index is 6.19. The number of hydrogen-bond acceptors (Lipinski definition) is 4. The molecule has 1 aromatic carbocycles. The van der Waals surface area contributed by atoms with Crippen LogP contribution >= 0.6 is 11.6 Å². The van der Waals surface area contributed by atoms with Gasteiger partial charge in [-0.05, 0) is 62.4 Å². The van der Waals surface area contributed by atoms with Crippen LogP contribution in [-0.4, -0.2) is 69.0 Å². The topological polar surface area (TPSA) is 24.9 Å². The van der Waals surface area contributed by atoms with E-state index in [4.69, 9.17) is 21.1 Å². The van der Waals surface area contributed by atoms with E-state index in [9.17, 15) is 0 Å². The van der Waals surface area contributed by atoms with Crippen molar-refractivity contribution in [3.8, 4) is 0 Å². The smallest absolute Gasteiger partial charge is 0.0702 e. The molecule has 2 fully saturated rings. The first-order valence-electron chi connectivity index (χ1n) is 10.0. The molecule has 5 heteroatoms. The molecule has 0 bridgehead atoms. The molecule has 4 nitrogen and oxygen atoms in total. The number of likely N-dealkylation sites (tertiary alicyclic amines) is 1. The van der Waals surface area contributed by atoms with E-state index in [1.54, 1.807) is 7.11 Å². The highest BCUT2D eigenvalue weighted by Crippen LogP contribution is 2.22. The molecule has 1 atom stereocenters. The summed E-state index contributed by atoms with van der Waals surface area (Å²) >= 11 is 6.19. The number of halogens is 1. The fraction of sp³-hybridized carbons (Fsp3) is 0.714. The Balaban J connectivity index is 1.53. The Hall–Kier alpha value is -0.650. The normalized spacial score (nSPS) is 22.3. The molecule has 0 radical (unpaired) electrons. The zero-order valence-electron chi connectivity index (χ0n) is 16.0. The minimum atomic E-state index is 0.399. The zero-order valence-corrected chi connectivity index (χ0v) is 16.8. The van der Waals surface area contributed by atoms with Crippen LogP contribution in [0.25, 0.3) is 0 Å². The van der Waals surface area contributed by atoms with E-state index in [-0.39, 0.29) is 0 Å². The predicted octanol–water partition coefficient (Wildman–Crippen LogP) is 3.68. The second kappa shape index (κ2) is 10.6. The average molecular weight is 381 g/mol. The van der Waals surface area contributed by atoms with Crippen molar-refractivity contribution >= 4 is 11.6 Å². The number of ether oxygens (including phenoxy) is 2. The second-order valence-corrected chi connectivity index (χ2v) is 8.17. The molecule has 1 unspecified atom stereocenters. The van der Waals surface area contributed by atoms with Crippen LogP contribution < -0.4 is 0 Å². The highest BCUT2D eigenvalue weighted by Gasteiger charge is 2.24. The molecule has 2 aliphatic rings. The first-order chi connectivity index (χ1) is 12.7.